The first-order valence-electron chi connectivity index (χ1n) is 5.56. The number of nitrogens with two attached hydrogens (primary N) is 1. The normalized spacial score (nSPS) is 11.2. The number of aliphatic carboxylic acids is 1. The van der Waals surface area contributed by atoms with Gasteiger partial charge in [-0.3, -0.25) is 20.4 Å². The van der Waals surface area contributed by atoms with Crippen molar-refractivity contribution in [1.82, 2.24) is 5.43 Å². The lowest BCUT2D eigenvalue weighted by Crippen LogP contribution is -2.34. The minimum atomic E-state index is -1.14. The van der Waals surface area contributed by atoms with E-state index in [1.807, 2.05) is 6.07 Å². The molecule has 100 valence electrons. The molecule has 0 saturated heterocycles. The van der Waals surface area contributed by atoms with Gasteiger partial charge in [0.25, 0.3) is 0 Å². The summed E-state index contributed by atoms with van der Waals surface area (Å²) in [4.78, 5) is 21.9. The summed E-state index contributed by atoms with van der Waals surface area (Å²) in [6.45, 7) is 0. The van der Waals surface area contributed by atoms with E-state index in [9.17, 15) is 9.59 Å². The maximum absolute atomic E-state index is 11.4. The van der Waals surface area contributed by atoms with Gasteiger partial charge in [0.1, 0.15) is 6.04 Å². The molecule has 1 atom stereocenters. The third-order valence-corrected chi connectivity index (χ3v) is 2.34. The zero-order chi connectivity index (χ0) is 14.3. The highest BCUT2D eigenvalue weighted by Gasteiger charge is 2.13. The highest BCUT2D eigenvalue weighted by molar-refractivity contribution is 5.79. The first kappa shape index (κ1) is 14.5. The predicted molar refractivity (Wildman–Crippen MR) is 67.8 cm³/mol. The average Bonchev–Trinajstić information content (AvgIpc) is 2.42. The SMILES string of the molecule is N#Cc1cccc(NNC(=O)CC[C@H](N)C(=O)O)c1. The third-order valence-electron chi connectivity index (χ3n) is 2.34. The van der Waals surface area contributed by atoms with Crippen LogP contribution in [0.25, 0.3) is 0 Å². The first-order valence-corrected chi connectivity index (χ1v) is 5.56. The van der Waals surface area contributed by atoms with E-state index in [4.69, 9.17) is 16.1 Å². The molecule has 7 heteroatoms. The van der Waals surface area contributed by atoms with E-state index in [2.05, 4.69) is 10.9 Å². The molecule has 0 aromatic heterocycles. The number of nitrogens with zero attached hydrogens (tertiary/aromatic N) is 1. The summed E-state index contributed by atoms with van der Waals surface area (Å²) in [6.07, 6.45) is 0.0550. The summed E-state index contributed by atoms with van der Waals surface area (Å²) in [7, 11) is 0. The third kappa shape index (κ3) is 5.06. The molecule has 7 nitrogen and oxygen atoms in total. The molecule has 0 saturated carbocycles. The number of rotatable bonds is 6. The molecule has 0 radical (unpaired) electrons. The molecule has 0 heterocycles. The lowest BCUT2D eigenvalue weighted by Gasteiger charge is -2.09. The fourth-order valence-electron chi connectivity index (χ4n) is 1.28. The predicted octanol–water partition coefficient (Wildman–Crippen LogP) is 0.193. The first-order chi connectivity index (χ1) is 9.02. The molecule has 0 fully saturated rings. The van der Waals surface area contributed by atoms with Gasteiger partial charge in [-0.2, -0.15) is 5.26 Å². The molecule has 0 spiro atoms. The fraction of sp³-hybridized carbons (Fsp3) is 0.250. The van der Waals surface area contributed by atoms with Gasteiger partial charge in [-0.15, -0.1) is 0 Å². The van der Waals surface area contributed by atoms with Gasteiger partial charge in [-0.05, 0) is 24.6 Å². The van der Waals surface area contributed by atoms with Crippen molar-refractivity contribution < 1.29 is 14.7 Å². The maximum atomic E-state index is 11.4. The summed E-state index contributed by atoms with van der Waals surface area (Å²) in [5.74, 6) is -1.51. The van der Waals surface area contributed by atoms with Gasteiger partial charge in [-0.1, -0.05) is 6.07 Å². The number of hydrazine groups is 1. The number of carbonyl (C=O) groups excluding carboxylic acids is 1. The lowest BCUT2D eigenvalue weighted by atomic mass is 10.1. The van der Waals surface area contributed by atoms with Gasteiger partial charge < -0.3 is 10.8 Å². The van der Waals surface area contributed by atoms with Crippen LogP contribution in [0.2, 0.25) is 0 Å². The molecule has 1 amide bonds. The minimum Gasteiger partial charge on any atom is -0.480 e. The molecule has 0 aliphatic rings. The van der Waals surface area contributed by atoms with Crippen LogP contribution in [-0.2, 0) is 9.59 Å². The average molecular weight is 262 g/mol. The van der Waals surface area contributed by atoms with E-state index < -0.39 is 12.0 Å². The number of carbonyl (C=O) groups is 2. The van der Waals surface area contributed by atoms with Crippen LogP contribution in [0.3, 0.4) is 0 Å². The number of carboxylic acids is 1. The summed E-state index contributed by atoms with van der Waals surface area (Å²) < 4.78 is 0. The molecule has 1 aromatic rings. The maximum Gasteiger partial charge on any atom is 0.320 e. The van der Waals surface area contributed by atoms with E-state index in [-0.39, 0.29) is 18.7 Å². The second kappa shape index (κ2) is 6.98. The number of amides is 1. The molecule has 5 N–H and O–H groups in total. The van der Waals surface area contributed by atoms with Crippen LogP contribution in [0.4, 0.5) is 5.69 Å². The Kier molecular flexibility index (Phi) is 5.32. The van der Waals surface area contributed by atoms with Crippen LogP contribution in [0, 0.1) is 11.3 Å². The van der Waals surface area contributed by atoms with Crippen LogP contribution in [0.15, 0.2) is 24.3 Å². The Morgan fingerprint density at radius 1 is 1.47 bits per heavy atom. The summed E-state index contributed by atoms with van der Waals surface area (Å²) in [5, 5.41) is 17.3. The summed E-state index contributed by atoms with van der Waals surface area (Å²) >= 11 is 0. The van der Waals surface area contributed by atoms with Crippen molar-refractivity contribution in [2.45, 2.75) is 18.9 Å². The van der Waals surface area contributed by atoms with Gasteiger partial charge in [0.2, 0.25) is 5.91 Å². The Hall–Kier alpha value is -2.59. The lowest BCUT2D eigenvalue weighted by molar-refractivity contribution is -0.138. The van der Waals surface area contributed by atoms with Crippen LogP contribution in [0.1, 0.15) is 18.4 Å². The van der Waals surface area contributed by atoms with Crippen molar-refractivity contribution >= 4 is 17.6 Å². The molecule has 0 aliphatic heterocycles. The van der Waals surface area contributed by atoms with Crippen molar-refractivity contribution in [2.24, 2.45) is 5.73 Å². The highest BCUT2D eigenvalue weighted by atomic mass is 16.4. The number of hydrogen-bond acceptors (Lipinski definition) is 5. The Morgan fingerprint density at radius 3 is 2.84 bits per heavy atom. The number of anilines is 1. The van der Waals surface area contributed by atoms with Crippen molar-refractivity contribution in [2.75, 3.05) is 5.43 Å². The van der Waals surface area contributed by atoms with Crippen molar-refractivity contribution in [1.29, 1.82) is 5.26 Å². The molecule has 1 rings (SSSR count). The number of nitriles is 1. The molecule has 0 bridgehead atoms. The summed E-state index contributed by atoms with van der Waals surface area (Å²) in [5.41, 5.74) is 11.3. The van der Waals surface area contributed by atoms with E-state index in [0.717, 1.165) is 0 Å². The van der Waals surface area contributed by atoms with Crippen molar-refractivity contribution in [3.05, 3.63) is 29.8 Å². The number of carboxylic acid groups (broad SMARTS) is 1. The molecular formula is C12H14N4O3. The fourth-order valence-corrected chi connectivity index (χ4v) is 1.28. The van der Waals surface area contributed by atoms with Gasteiger partial charge in [0, 0.05) is 6.42 Å². The van der Waals surface area contributed by atoms with Gasteiger partial charge in [0.05, 0.1) is 17.3 Å². The van der Waals surface area contributed by atoms with Crippen molar-refractivity contribution in [3.8, 4) is 6.07 Å². The van der Waals surface area contributed by atoms with Gasteiger partial charge in [0.15, 0.2) is 0 Å². The monoisotopic (exact) mass is 262 g/mol. The Balaban J connectivity index is 2.38. The van der Waals surface area contributed by atoms with Gasteiger partial charge in [-0.25, -0.2) is 0 Å². The largest absolute Gasteiger partial charge is 0.480 e. The standard InChI is InChI=1S/C12H14N4O3/c13-7-8-2-1-3-9(6-8)15-16-11(17)5-4-10(14)12(18)19/h1-3,6,10,15H,4-5,14H2,(H,16,17)(H,18,19)/t10-/m0/s1. The second-order valence-corrected chi connectivity index (χ2v) is 3.85. The van der Waals surface area contributed by atoms with E-state index in [1.54, 1.807) is 24.3 Å². The minimum absolute atomic E-state index is 0.00158. The van der Waals surface area contributed by atoms with Crippen LogP contribution >= 0.6 is 0 Å². The van der Waals surface area contributed by atoms with Crippen LogP contribution < -0.4 is 16.6 Å². The Labute approximate surface area is 110 Å². The molecule has 0 unspecified atom stereocenters. The van der Waals surface area contributed by atoms with E-state index in [1.165, 1.54) is 0 Å². The van der Waals surface area contributed by atoms with Crippen molar-refractivity contribution in [3.63, 3.8) is 0 Å². The molecule has 0 aliphatic carbocycles. The second-order valence-electron chi connectivity index (χ2n) is 3.85. The van der Waals surface area contributed by atoms with Crippen LogP contribution in [-0.4, -0.2) is 23.0 Å². The van der Waals surface area contributed by atoms with E-state index >= 15 is 0 Å². The Morgan fingerprint density at radius 2 is 2.21 bits per heavy atom. The number of hydrogen-bond donors (Lipinski definition) is 4. The number of benzene rings is 1. The summed E-state index contributed by atoms with van der Waals surface area (Å²) in [6, 6.07) is 7.49. The Bertz CT molecular complexity index is 510. The molecule has 19 heavy (non-hydrogen) atoms. The number of nitrogens with one attached hydrogen (secondary N) is 2. The smallest absolute Gasteiger partial charge is 0.320 e. The molecule has 1 aromatic carbocycles. The van der Waals surface area contributed by atoms with Gasteiger partial charge >= 0.3 is 5.97 Å². The quantitative estimate of drug-likeness (QED) is 0.542. The van der Waals surface area contributed by atoms with E-state index in [0.29, 0.717) is 11.3 Å². The highest BCUT2D eigenvalue weighted by Crippen LogP contribution is 2.08. The van der Waals surface area contributed by atoms with Crippen LogP contribution in [0.5, 0.6) is 0 Å². The topological polar surface area (TPSA) is 128 Å². The zero-order valence-electron chi connectivity index (χ0n) is 10.1. The molecular weight excluding hydrogens is 248 g/mol. The zero-order valence-corrected chi connectivity index (χ0v) is 10.1.